The van der Waals surface area contributed by atoms with Crippen LogP contribution in [0.25, 0.3) is 5.69 Å². The Balaban J connectivity index is 2.35. The molecule has 0 aliphatic heterocycles. The molecule has 104 valence electrons. The topological polar surface area (TPSA) is 41.6 Å². The minimum atomic E-state index is 0.653. The third kappa shape index (κ3) is 3.23. The molecule has 1 aromatic heterocycles. The van der Waals surface area contributed by atoms with E-state index in [0.29, 0.717) is 11.5 Å². The second-order valence-corrected chi connectivity index (χ2v) is 6.21. The van der Waals surface area contributed by atoms with Crippen LogP contribution in [0.2, 0.25) is 0 Å². The second-order valence-electron chi connectivity index (χ2n) is 5.18. The first-order chi connectivity index (χ1) is 9.63. The fraction of sp³-hybridized carbons (Fsp3) is 0.375. The van der Waals surface area contributed by atoms with Gasteiger partial charge in [-0.15, -0.1) is 0 Å². The van der Waals surface area contributed by atoms with Gasteiger partial charge in [0.25, 0.3) is 0 Å². The molecule has 0 amide bonds. The number of thioether (sulfide) groups is 1. The minimum Gasteiger partial charge on any atom is -0.235 e. The molecule has 4 heteroatoms. The smallest absolute Gasteiger partial charge is 0.103 e. The summed E-state index contributed by atoms with van der Waals surface area (Å²) in [5, 5.41) is 13.9. The molecule has 1 heterocycles. The maximum atomic E-state index is 9.36. The van der Waals surface area contributed by atoms with Crippen LogP contribution in [0, 0.1) is 24.2 Å². The Morgan fingerprint density at radius 2 is 2.00 bits per heavy atom. The van der Waals surface area contributed by atoms with Gasteiger partial charge in [-0.05, 0) is 30.7 Å². The molecule has 0 saturated carbocycles. The third-order valence-corrected chi connectivity index (χ3v) is 4.34. The van der Waals surface area contributed by atoms with E-state index < -0.39 is 0 Å². The number of nitriles is 1. The van der Waals surface area contributed by atoms with Gasteiger partial charge in [0.05, 0.1) is 22.6 Å². The van der Waals surface area contributed by atoms with Gasteiger partial charge in [-0.1, -0.05) is 32.0 Å². The molecule has 0 aliphatic rings. The Hall–Kier alpha value is -1.73. The highest BCUT2D eigenvalue weighted by Gasteiger charge is 2.16. The first-order valence-corrected chi connectivity index (χ1v) is 7.90. The fourth-order valence-electron chi connectivity index (χ4n) is 2.03. The lowest BCUT2D eigenvalue weighted by molar-refractivity contribution is 0.749. The molecule has 0 fully saturated rings. The van der Waals surface area contributed by atoms with Gasteiger partial charge < -0.3 is 0 Å². The standard InChI is InChI=1S/C16H19N3S/c1-12(2)10-20-11-16-15(9-17)13(3)18-19(16)14-7-5-4-6-8-14/h4-8,12H,10-11H2,1-3H3. The number of nitrogens with zero attached hydrogens (tertiary/aromatic N) is 3. The summed E-state index contributed by atoms with van der Waals surface area (Å²) in [6.07, 6.45) is 0. The van der Waals surface area contributed by atoms with E-state index >= 15 is 0 Å². The number of benzene rings is 1. The normalized spacial score (nSPS) is 10.8. The van der Waals surface area contributed by atoms with Crippen molar-refractivity contribution in [3.63, 3.8) is 0 Å². The largest absolute Gasteiger partial charge is 0.235 e. The number of aryl methyl sites for hydroxylation is 1. The monoisotopic (exact) mass is 285 g/mol. The molecule has 0 atom stereocenters. The molecule has 0 bridgehead atoms. The van der Waals surface area contributed by atoms with Crippen LogP contribution in [0.4, 0.5) is 0 Å². The molecule has 0 aliphatic carbocycles. The highest BCUT2D eigenvalue weighted by molar-refractivity contribution is 7.98. The number of para-hydroxylation sites is 1. The first-order valence-electron chi connectivity index (χ1n) is 6.75. The molecule has 0 N–H and O–H groups in total. The molecular weight excluding hydrogens is 266 g/mol. The zero-order valence-corrected chi connectivity index (χ0v) is 12.9. The third-order valence-electron chi connectivity index (χ3n) is 2.96. The van der Waals surface area contributed by atoms with Crippen molar-refractivity contribution in [2.75, 3.05) is 5.75 Å². The summed E-state index contributed by atoms with van der Waals surface area (Å²) >= 11 is 1.85. The SMILES string of the molecule is Cc1nn(-c2ccccc2)c(CSCC(C)C)c1C#N. The van der Waals surface area contributed by atoms with Gasteiger partial charge in [-0.3, -0.25) is 0 Å². The van der Waals surface area contributed by atoms with Crippen molar-refractivity contribution in [2.24, 2.45) is 5.92 Å². The van der Waals surface area contributed by atoms with Crippen LogP contribution in [-0.4, -0.2) is 15.5 Å². The van der Waals surface area contributed by atoms with E-state index in [0.717, 1.165) is 28.6 Å². The van der Waals surface area contributed by atoms with E-state index in [-0.39, 0.29) is 0 Å². The van der Waals surface area contributed by atoms with E-state index in [4.69, 9.17) is 0 Å². The van der Waals surface area contributed by atoms with Gasteiger partial charge in [0, 0.05) is 5.75 Å². The van der Waals surface area contributed by atoms with Crippen LogP contribution in [0.15, 0.2) is 30.3 Å². The lowest BCUT2D eigenvalue weighted by atomic mass is 10.2. The van der Waals surface area contributed by atoms with Crippen molar-refractivity contribution in [2.45, 2.75) is 26.5 Å². The molecule has 2 aromatic rings. The highest BCUT2D eigenvalue weighted by Crippen LogP contribution is 2.23. The molecule has 0 unspecified atom stereocenters. The summed E-state index contributed by atoms with van der Waals surface area (Å²) in [7, 11) is 0. The summed E-state index contributed by atoms with van der Waals surface area (Å²) in [6, 6.07) is 12.3. The second kappa shape index (κ2) is 6.62. The Morgan fingerprint density at radius 3 is 2.60 bits per heavy atom. The van der Waals surface area contributed by atoms with Crippen LogP contribution < -0.4 is 0 Å². The Morgan fingerprint density at radius 1 is 1.30 bits per heavy atom. The fourth-order valence-corrected chi connectivity index (χ4v) is 3.08. The quantitative estimate of drug-likeness (QED) is 0.835. The lowest BCUT2D eigenvalue weighted by Crippen LogP contribution is -2.03. The Kier molecular flexibility index (Phi) is 4.86. The molecular formula is C16H19N3S. The van der Waals surface area contributed by atoms with Gasteiger partial charge in [0.2, 0.25) is 0 Å². The molecule has 0 spiro atoms. The van der Waals surface area contributed by atoms with Crippen molar-refractivity contribution in [3.05, 3.63) is 47.3 Å². The molecule has 0 saturated heterocycles. The molecule has 3 nitrogen and oxygen atoms in total. The first kappa shape index (κ1) is 14.7. The van der Waals surface area contributed by atoms with E-state index in [1.54, 1.807) is 0 Å². The molecule has 2 rings (SSSR count). The molecule has 20 heavy (non-hydrogen) atoms. The van der Waals surface area contributed by atoms with Gasteiger partial charge in [-0.2, -0.15) is 22.1 Å². The van der Waals surface area contributed by atoms with Crippen molar-refractivity contribution in [3.8, 4) is 11.8 Å². The zero-order valence-electron chi connectivity index (χ0n) is 12.1. The summed E-state index contributed by atoms with van der Waals surface area (Å²) < 4.78 is 1.90. The summed E-state index contributed by atoms with van der Waals surface area (Å²) in [5.41, 5.74) is 3.53. The summed E-state index contributed by atoms with van der Waals surface area (Å²) in [5.74, 6) is 2.56. The maximum absolute atomic E-state index is 9.36. The van der Waals surface area contributed by atoms with Crippen molar-refractivity contribution in [1.29, 1.82) is 5.26 Å². The van der Waals surface area contributed by atoms with E-state index in [1.165, 1.54) is 0 Å². The van der Waals surface area contributed by atoms with Gasteiger partial charge in [0.1, 0.15) is 6.07 Å². The van der Waals surface area contributed by atoms with Crippen LogP contribution in [0.1, 0.15) is 30.8 Å². The minimum absolute atomic E-state index is 0.653. The maximum Gasteiger partial charge on any atom is 0.103 e. The number of hydrogen-bond acceptors (Lipinski definition) is 3. The lowest BCUT2D eigenvalue weighted by Gasteiger charge is -2.08. The van der Waals surface area contributed by atoms with Crippen molar-refractivity contribution >= 4 is 11.8 Å². The van der Waals surface area contributed by atoms with E-state index in [9.17, 15) is 5.26 Å². The number of aromatic nitrogens is 2. The predicted octanol–water partition coefficient (Wildman–Crippen LogP) is 3.94. The average Bonchev–Trinajstić information content (AvgIpc) is 2.75. The Labute approximate surface area is 124 Å². The van der Waals surface area contributed by atoms with Crippen molar-refractivity contribution < 1.29 is 0 Å². The van der Waals surface area contributed by atoms with E-state index in [2.05, 4.69) is 25.0 Å². The van der Waals surface area contributed by atoms with Gasteiger partial charge in [0.15, 0.2) is 0 Å². The zero-order chi connectivity index (χ0) is 14.5. The van der Waals surface area contributed by atoms with Crippen LogP contribution in [0.5, 0.6) is 0 Å². The number of rotatable bonds is 5. The van der Waals surface area contributed by atoms with Crippen LogP contribution in [0.3, 0.4) is 0 Å². The molecule has 0 radical (unpaired) electrons. The van der Waals surface area contributed by atoms with Gasteiger partial charge >= 0.3 is 0 Å². The summed E-state index contributed by atoms with van der Waals surface area (Å²) in [4.78, 5) is 0. The Bertz CT molecular complexity index is 609. The van der Waals surface area contributed by atoms with Crippen molar-refractivity contribution in [1.82, 2.24) is 9.78 Å². The predicted molar refractivity (Wildman–Crippen MR) is 84.0 cm³/mol. The molecule has 1 aromatic carbocycles. The number of hydrogen-bond donors (Lipinski definition) is 0. The summed E-state index contributed by atoms with van der Waals surface area (Å²) in [6.45, 7) is 6.31. The van der Waals surface area contributed by atoms with Crippen LogP contribution >= 0.6 is 11.8 Å². The van der Waals surface area contributed by atoms with E-state index in [1.807, 2.05) is 53.7 Å². The van der Waals surface area contributed by atoms with Gasteiger partial charge in [-0.25, -0.2) is 4.68 Å². The average molecular weight is 285 g/mol. The van der Waals surface area contributed by atoms with Crippen LogP contribution in [-0.2, 0) is 5.75 Å². The highest BCUT2D eigenvalue weighted by atomic mass is 32.2.